The summed E-state index contributed by atoms with van der Waals surface area (Å²) in [7, 11) is -4.58. The van der Waals surface area contributed by atoms with Crippen molar-refractivity contribution in [1.82, 2.24) is 4.98 Å². The SMILES string of the molecule is O=C1CC(CS(=O)(=O)F)CN1c1cccc2ocnc12. The highest BCUT2D eigenvalue weighted by atomic mass is 32.3. The third-order valence-electron chi connectivity index (χ3n) is 3.27. The molecule has 0 N–H and O–H groups in total. The van der Waals surface area contributed by atoms with Crippen LogP contribution >= 0.6 is 0 Å². The van der Waals surface area contributed by atoms with E-state index in [0.29, 0.717) is 16.8 Å². The third-order valence-corrected chi connectivity index (χ3v) is 4.14. The molecule has 1 fully saturated rings. The van der Waals surface area contributed by atoms with Crippen molar-refractivity contribution in [2.45, 2.75) is 6.42 Å². The Hall–Kier alpha value is -1.96. The number of fused-ring (bicyclic) bond motifs is 1. The van der Waals surface area contributed by atoms with Crippen molar-refractivity contribution in [1.29, 1.82) is 0 Å². The molecule has 1 saturated heterocycles. The van der Waals surface area contributed by atoms with Gasteiger partial charge in [-0.15, -0.1) is 3.89 Å². The van der Waals surface area contributed by atoms with Gasteiger partial charge in [0, 0.05) is 18.9 Å². The zero-order chi connectivity index (χ0) is 14.3. The number of halogens is 1. The van der Waals surface area contributed by atoms with Crippen LogP contribution in [0, 0.1) is 5.92 Å². The van der Waals surface area contributed by atoms with E-state index in [0.717, 1.165) is 0 Å². The summed E-state index contributed by atoms with van der Waals surface area (Å²) >= 11 is 0. The van der Waals surface area contributed by atoms with Gasteiger partial charge in [-0.2, -0.15) is 8.42 Å². The molecule has 2 heterocycles. The monoisotopic (exact) mass is 298 g/mol. The average Bonchev–Trinajstić information content (AvgIpc) is 2.93. The molecule has 0 aliphatic carbocycles. The summed E-state index contributed by atoms with van der Waals surface area (Å²) in [5.41, 5.74) is 1.63. The van der Waals surface area contributed by atoms with Crippen LogP contribution in [0.15, 0.2) is 29.0 Å². The van der Waals surface area contributed by atoms with E-state index in [4.69, 9.17) is 4.42 Å². The Labute approximate surface area is 114 Å². The predicted octanol–water partition coefficient (Wildman–Crippen LogP) is 1.48. The van der Waals surface area contributed by atoms with E-state index in [1.54, 1.807) is 18.2 Å². The fraction of sp³-hybridized carbons (Fsp3) is 0.333. The van der Waals surface area contributed by atoms with Gasteiger partial charge in [-0.05, 0) is 12.1 Å². The van der Waals surface area contributed by atoms with Gasteiger partial charge in [0.25, 0.3) is 0 Å². The molecule has 0 saturated carbocycles. The molecule has 106 valence electrons. The normalized spacial score (nSPS) is 19.9. The van der Waals surface area contributed by atoms with Gasteiger partial charge in [0.15, 0.2) is 12.0 Å². The summed E-state index contributed by atoms with van der Waals surface area (Å²) < 4.78 is 39.2. The molecule has 1 aromatic heterocycles. The smallest absolute Gasteiger partial charge is 0.302 e. The minimum atomic E-state index is -4.58. The van der Waals surface area contributed by atoms with Crippen molar-refractivity contribution in [3.05, 3.63) is 24.6 Å². The maximum absolute atomic E-state index is 12.7. The maximum atomic E-state index is 12.7. The Bertz CT molecular complexity index is 771. The van der Waals surface area contributed by atoms with Gasteiger partial charge in [0.05, 0.1) is 11.4 Å². The van der Waals surface area contributed by atoms with Crippen LogP contribution in [0.25, 0.3) is 11.1 Å². The average molecular weight is 298 g/mol. The highest BCUT2D eigenvalue weighted by Gasteiger charge is 2.34. The summed E-state index contributed by atoms with van der Waals surface area (Å²) in [5.74, 6) is -1.42. The van der Waals surface area contributed by atoms with Gasteiger partial charge in [-0.1, -0.05) is 6.07 Å². The minimum Gasteiger partial charge on any atom is -0.443 e. The fourth-order valence-electron chi connectivity index (χ4n) is 2.50. The largest absolute Gasteiger partial charge is 0.443 e. The topological polar surface area (TPSA) is 80.5 Å². The van der Waals surface area contributed by atoms with Crippen LogP contribution in [0.3, 0.4) is 0 Å². The van der Waals surface area contributed by atoms with Crippen molar-refractivity contribution in [3.8, 4) is 0 Å². The lowest BCUT2D eigenvalue weighted by Crippen LogP contribution is -2.25. The molecule has 6 nitrogen and oxygen atoms in total. The second-order valence-corrected chi connectivity index (χ2v) is 6.17. The number of carbonyl (C=O) groups excluding carboxylic acids is 1. The molecule has 20 heavy (non-hydrogen) atoms. The van der Waals surface area contributed by atoms with Gasteiger partial charge in [0.1, 0.15) is 5.52 Å². The van der Waals surface area contributed by atoms with E-state index in [2.05, 4.69) is 4.98 Å². The number of oxazole rings is 1. The number of nitrogens with zero attached hydrogens (tertiary/aromatic N) is 2. The molecule has 3 rings (SSSR count). The molecule has 1 amide bonds. The first-order valence-corrected chi connectivity index (χ1v) is 7.54. The molecule has 0 bridgehead atoms. The molecule has 8 heteroatoms. The fourth-order valence-corrected chi connectivity index (χ4v) is 3.28. The highest BCUT2D eigenvalue weighted by molar-refractivity contribution is 7.86. The lowest BCUT2D eigenvalue weighted by Gasteiger charge is -2.16. The van der Waals surface area contributed by atoms with Crippen molar-refractivity contribution < 1.29 is 21.5 Å². The van der Waals surface area contributed by atoms with Crippen LogP contribution in [0.4, 0.5) is 9.57 Å². The van der Waals surface area contributed by atoms with Crippen LogP contribution in [0.5, 0.6) is 0 Å². The van der Waals surface area contributed by atoms with E-state index in [9.17, 15) is 17.1 Å². The number of hydrogen-bond acceptors (Lipinski definition) is 5. The van der Waals surface area contributed by atoms with E-state index in [-0.39, 0.29) is 18.9 Å². The number of benzene rings is 1. The summed E-state index contributed by atoms with van der Waals surface area (Å²) in [6.45, 7) is 0.161. The molecule has 0 spiro atoms. The van der Waals surface area contributed by atoms with Crippen LogP contribution < -0.4 is 4.90 Å². The maximum Gasteiger partial charge on any atom is 0.302 e. The Morgan fingerprint density at radius 1 is 1.45 bits per heavy atom. The van der Waals surface area contributed by atoms with E-state index < -0.39 is 21.9 Å². The van der Waals surface area contributed by atoms with E-state index in [1.807, 2.05) is 0 Å². The molecular formula is C12H11FN2O4S. The molecule has 1 unspecified atom stereocenters. The molecule has 1 aliphatic rings. The molecular weight excluding hydrogens is 287 g/mol. The second-order valence-electron chi connectivity index (χ2n) is 4.76. The van der Waals surface area contributed by atoms with Crippen LogP contribution in [-0.2, 0) is 15.0 Å². The van der Waals surface area contributed by atoms with Gasteiger partial charge < -0.3 is 9.32 Å². The lowest BCUT2D eigenvalue weighted by atomic mass is 10.1. The van der Waals surface area contributed by atoms with Crippen molar-refractivity contribution in [2.24, 2.45) is 5.92 Å². The number of amides is 1. The number of para-hydroxylation sites is 1. The standard InChI is InChI=1S/C12H11FN2O4S/c13-20(17,18)6-8-4-11(16)15(5-8)9-2-1-3-10-12(9)14-7-19-10/h1-3,7-8H,4-6H2. The first-order valence-electron chi connectivity index (χ1n) is 5.99. The quantitative estimate of drug-likeness (QED) is 0.802. The first-order chi connectivity index (χ1) is 9.44. The van der Waals surface area contributed by atoms with Crippen LogP contribution in [0.1, 0.15) is 6.42 Å². The number of carbonyl (C=O) groups is 1. The zero-order valence-corrected chi connectivity index (χ0v) is 11.1. The summed E-state index contributed by atoms with van der Waals surface area (Å²) in [6, 6.07) is 5.14. The van der Waals surface area contributed by atoms with Gasteiger partial charge in [-0.25, -0.2) is 4.98 Å². The van der Waals surface area contributed by atoms with E-state index in [1.165, 1.54) is 11.3 Å². The molecule has 1 atom stereocenters. The van der Waals surface area contributed by atoms with E-state index >= 15 is 0 Å². The first kappa shape index (κ1) is 13.0. The third kappa shape index (κ3) is 2.38. The zero-order valence-electron chi connectivity index (χ0n) is 10.3. The van der Waals surface area contributed by atoms with Crippen LogP contribution in [-0.4, -0.2) is 31.6 Å². The predicted molar refractivity (Wildman–Crippen MR) is 69.4 cm³/mol. The Morgan fingerprint density at radius 2 is 2.25 bits per heavy atom. The van der Waals surface area contributed by atoms with Gasteiger partial charge in [0.2, 0.25) is 5.91 Å². The Morgan fingerprint density at radius 3 is 3.00 bits per heavy atom. The molecule has 1 aromatic carbocycles. The van der Waals surface area contributed by atoms with Gasteiger partial charge >= 0.3 is 10.2 Å². The summed E-state index contributed by atoms with van der Waals surface area (Å²) in [4.78, 5) is 17.5. The van der Waals surface area contributed by atoms with Gasteiger partial charge in [-0.3, -0.25) is 4.79 Å². The number of hydrogen-bond donors (Lipinski definition) is 0. The lowest BCUT2D eigenvalue weighted by molar-refractivity contribution is -0.117. The van der Waals surface area contributed by atoms with Crippen molar-refractivity contribution >= 4 is 32.9 Å². The number of aromatic nitrogens is 1. The second kappa shape index (κ2) is 4.55. The van der Waals surface area contributed by atoms with Crippen LogP contribution in [0.2, 0.25) is 0 Å². The summed E-state index contributed by atoms with van der Waals surface area (Å²) in [6.07, 6.45) is 1.29. The minimum absolute atomic E-state index is 0.0113. The Kier molecular flexibility index (Phi) is 2.97. The highest BCUT2D eigenvalue weighted by Crippen LogP contribution is 2.31. The summed E-state index contributed by atoms with van der Waals surface area (Å²) in [5, 5.41) is 0. The number of anilines is 1. The molecule has 2 aromatic rings. The Balaban J connectivity index is 1.91. The van der Waals surface area contributed by atoms with Crippen molar-refractivity contribution in [3.63, 3.8) is 0 Å². The molecule has 1 aliphatic heterocycles. The van der Waals surface area contributed by atoms with Crippen molar-refractivity contribution in [2.75, 3.05) is 17.2 Å². The molecule has 0 radical (unpaired) electrons. The number of rotatable bonds is 3.